The minimum atomic E-state index is 0.186. The van der Waals surface area contributed by atoms with Crippen molar-refractivity contribution in [2.75, 3.05) is 18.4 Å². The van der Waals surface area contributed by atoms with Gasteiger partial charge in [-0.2, -0.15) is 0 Å². The van der Waals surface area contributed by atoms with Crippen molar-refractivity contribution in [1.29, 1.82) is 0 Å². The Kier molecular flexibility index (Phi) is 3.96. The second-order valence-electron chi connectivity index (χ2n) is 4.48. The zero-order valence-corrected chi connectivity index (χ0v) is 10.2. The van der Waals surface area contributed by atoms with Gasteiger partial charge in [0.2, 0.25) is 5.91 Å². The van der Waals surface area contributed by atoms with Gasteiger partial charge in [-0.05, 0) is 31.4 Å². The molecule has 0 aliphatic carbocycles. The molecule has 1 amide bonds. The molecule has 1 aromatic heterocycles. The van der Waals surface area contributed by atoms with E-state index in [0.29, 0.717) is 6.04 Å². The molecule has 0 radical (unpaired) electrons. The van der Waals surface area contributed by atoms with Crippen LogP contribution in [0.2, 0.25) is 0 Å². The van der Waals surface area contributed by atoms with Crippen LogP contribution in [0.25, 0.3) is 0 Å². The van der Waals surface area contributed by atoms with E-state index in [-0.39, 0.29) is 5.91 Å². The minimum absolute atomic E-state index is 0.186. The number of piperidine rings is 1. The number of aromatic nitrogens is 1. The van der Waals surface area contributed by atoms with Crippen LogP contribution < -0.4 is 5.32 Å². The molecule has 4 heteroatoms. The van der Waals surface area contributed by atoms with E-state index in [2.05, 4.69) is 10.3 Å². The Balaban J connectivity index is 1.90. The van der Waals surface area contributed by atoms with Crippen molar-refractivity contribution in [1.82, 2.24) is 9.88 Å². The Labute approximate surface area is 102 Å². The van der Waals surface area contributed by atoms with Gasteiger partial charge < -0.3 is 10.2 Å². The smallest absolute Gasteiger partial charge is 0.219 e. The van der Waals surface area contributed by atoms with E-state index in [4.69, 9.17) is 0 Å². The first-order valence-electron chi connectivity index (χ1n) is 6.18. The highest BCUT2D eigenvalue weighted by Crippen LogP contribution is 2.17. The third-order valence-corrected chi connectivity index (χ3v) is 3.25. The van der Waals surface area contributed by atoms with Crippen molar-refractivity contribution >= 4 is 11.6 Å². The number of hydrogen-bond acceptors (Lipinski definition) is 3. The third kappa shape index (κ3) is 3.19. The molecule has 1 fully saturated rings. The first-order chi connectivity index (χ1) is 8.27. The maximum Gasteiger partial charge on any atom is 0.219 e. The van der Waals surface area contributed by atoms with Crippen LogP contribution in [0.15, 0.2) is 24.5 Å². The Morgan fingerprint density at radius 2 is 2.24 bits per heavy atom. The lowest BCUT2D eigenvalue weighted by Crippen LogP contribution is -2.46. The number of nitrogens with one attached hydrogen (secondary N) is 1. The number of nitrogens with zero attached hydrogens (tertiary/aromatic N) is 2. The molecule has 1 aliphatic heterocycles. The number of amides is 1. The van der Waals surface area contributed by atoms with Crippen molar-refractivity contribution in [3.8, 4) is 0 Å². The summed E-state index contributed by atoms with van der Waals surface area (Å²) >= 11 is 0. The van der Waals surface area contributed by atoms with Gasteiger partial charge in [0.1, 0.15) is 0 Å². The summed E-state index contributed by atoms with van der Waals surface area (Å²) in [5, 5.41) is 3.37. The molecule has 1 atom stereocenters. The Morgan fingerprint density at radius 3 is 2.94 bits per heavy atom. The molecule has 1 unspecified atom stereocenters. The van der Waals surface area contributed by atoms with Crippen molar-refractivity contribution in [2.45, 2.75) is 32.2 Å². The maximum atomic E-state index is 11.5. The first-order valence-corrected chi connectivity index (χ1v) is 6.18. The van der Waals surface area contributed by atoms with Gasteiger partial charge in [0.25, 0.3) is 0 Å². The monoisotopic (exact) mass is 233 g/mol. The molecule has 1 saturated heterocycles. The summed E-state index contributed by atoms with van der Waals surface area (Å²) in [7, 11) is 0. The summed E-state index contributed by atoms with van der Waals surface area (Å²) < 4.78 is 0. The molecule has 0 aromatic carbocycles. The summed E-state index contributed by atoms with van der Waals surface area (Å²) in [6.07, 6.45) is 6.98. The second-order valence-corrected chi connectivity index (χ2v) is 4.48. The third-order valence-electron chi connectivity index (χ3n) is 3.25. The summed E-state index contributed by atoms with van der Waals surface area (Å²) in [5.74, 6) is 0.186. The molecule has 0 bridgehead atoms. The summed E-state index contributed by atoms with van der Waals surface area (Å²) in [6, 6.07) is 4.22. The SMILES string of the molecule is CC(=O)N1CCCCC1CNc1ccncc1. The second kappa shape index (κ2) is 5.66. The van der Waals surface area contributed by atoms with Crippen LogP contribution in [0.5, 0.6) is 0 Å². The van der Waals surface area contributed by atoms with Gasteiger partial charge in [-0.3, -0.25) is 9.78 Å². The molecule has 2 rings (SSSR count). The predicted octanol–water partition coefficient (Wildman–Crippen LogP) is 1.89. The van der Waals surface area contributed by atoms with Gasteiger partial charge in [-0.25, -0.2) is 0 Å². The zero-order chi connectivity index (χ0) is 12.1. The molecule has 4 nitrogen and oxygen atoms in total. The van der Waals surface area contributed by atoms with Crippen molar-refractivity contribution in [3.63, 3.8) is 0 Å². The summed E-state index contributed by atoms with van der Waals surface area (Å²) in [6.45, 7) is 3.38. The number of carbonyl (C=O) groups excluding carboxylic acids is 1. The van der Waals surface area contributed by atoms with Crippen LogP contribution >= 0.6 is 0 Å². The van der Waals surface area contributed by atoms with E-state index in [1.54, 1.807) is 19.3 Å². The Morgan fingerprint density at radius 1 is 1.47 bits per heavy atom. The van der Waals surface area contributed by atoms with Crippen LogP contribution in [0.4, 0.5) is 5.69 Å². The highest BCUT2D eigenvalue weighted by atomic mass is 16.2. The number of anilines is 1. The van der Waals surface area contributed by atoms with Gasteiger partial charge in [0.15, 0.2) is 0 Å². The van der Waals surface area contributed by atoms with Crippen LogP contribution in [-0.4, -0.2) is 34.9 Å². The molecule has 2 heterocycles. The van der Waals surface area contributed by atoms with E-state index in [0.717, 1.165) is 31.6 Å². The summed E-state index contributed by atoms with van der Waals surface area (Å²) in [4.78, 5) is 17.5. The predicted molar refractivity (Wildman–Crippen MR) is 67.8 cm³/mol. The van der Waals surface area contributed by atoms with Crippen LogP contribution in [-0.2, 0) is 4.79 Å². The molecule has 92 valence electrons. The summed E-state index contributed by atoms with van der Waals surface area (Å²) in [5.41, 5.74) is 1.06. The lowest BCUT2D eigenvalue weighted by molar-refractivity contribution is -0.132. The number of rotatable bonds is 3. The van der Waals surface area contributed by atoms with Gasteiger partial charge in [0.05, 0.1) is 0 Å². The number of carbonyl (C=O) groups is 1. The van der Waals surface area contributed by atoms with Crippen molar-refractivity contribution < 1.29 is 4.79 Å². The molecule has 0 saturated carbocycles. The van der Waals surface area contributed by atoms with Crippen LogP contribution in [0.3, 0.4) is 0 Å². The lowest BCUT2D eigenvalue weighted by Gasteiger charge is -2.35. The van der Waals surface area contributed by atoms with Crippen LogP contribution in [0.1, 0.15) is 26.2 Å². The molecular weight excluding hydrogens is 214 g/mol. The number of likely N-dealkylation sites (tertiary alicyclic amines) is 1. The van der Waals surface area contributed by atoms with Gasteiger partial charge in [-0.15, -0.1) is 0 Å². The van der Waals surface area contributed by atoms with Gasteiger partial charge in [-0.1, -0.05) is 0 Å². The molecular formula is C13H19N3O. The minimum Gasteiger partial charge on any atom is -0.383 e. The standard InChI is InChI=1S/C13H19N3O/c1-11(17)16-9-3-2-4-13(16)10-15-12-5-7-14-8-6-12/h5-8,13H,2-4,9-10H2,1H3,(H,14,15). The fourth-order valence-electron chi connectivity index (χ4n) is 2.33. The van der Waals surface area contributed by atoms with Crippen molar-refractivity contribution in [3.05, 3.63) is 24.5 Å². The molecule has 0 spiro atoms. The number of hydrogen-bond donors (Lipinski definition) is 1. The van der Waals surface area contributed by atoms with E-state index in [1.165, 1.54) is 6.42 Å². The molecule has 1 aromatic rings. The van der Waals surface area contributed by atoms with Gasteiger partial charge in [0, 0.05) is 44.1 Å². The lowest BCUT2D eigenvalue weighted by atomic mass is 10.0. The molecule has 1 N–H and O–H groups in total. The highest BCUT2D eigenvalue weighted by molar-refractivity contribution is 5.73. The van der Waals surface area contributed by atoms with E-state index >= 15 is 0 Å². The topological polar surface area (TPSA) is 45.2 Å². The highest BCUT2D eigenvalue weighted by Gasteiger charge is 2.23. The molecule has 1 aliphatic rings. The van der Waals surface area contributed by atoms with E-state index < -0.39 is 0 Å². The fourth-order valence-corrected chi connectivity index (χ4v) is 2.33. The Bertz CT molecular complexity index is 366. The van der Waals surface area contributed by atoms with Gasteiger partial charge >= 0.3 is 0 Å². The molecule has 17 heavy (non-hydrogen) atoms. The van der Waals surface area contributed by atoms with E-state index in [9.17, 15) is 4.79 Å². The van der Waals surface area contributed by atoms with Crippen molar-refractivity contribution in [2.24, 2.45) is 0 Å². The fraction of sp³-hybridized carbons (Fsp3) is 0.538. The normalized spacial score (nSPS) is 20.1. The quantitative estimate of drug-likeness (QED) is 0.867. The first kappa shape index (κ1) is 11.9. The van der Waals surface area contributed by atoms with Crippen LogP contribution in [0, 0.1) is 0 Å². The van der Waals surface area contributed by atoms with E-state index in [1.807, 2.05) is 17.0 Å². The number of pyridine rings is 1. The zero-order valence-electron chi connectivity index (χ0n) is 10.2. The maximum absolute atomic E-state index is 11.5. The largest absolute Gasteiger partial charge is 0.383 e. The Hall–Kier alpha value is -1.58. The average molecular weight is 233 g/mol. The average Bonchev–Trinajstić information content (AvgIpc) is 2.38.